The standard InChI is InChI=1S/C39H63N7O8/c1-38(2,3)28-24-32(48)46(35(28)51)23-12-8-10-16-31(47)44-29(14-9-7-11-21-40)34(50)45-30(15-13-22-42-37(41)53)33(49)43-27-19-17-26(18-20-27)25-54-36(52)39(4,5)6/h17-20,28-30H,7-16,21-25,40H2,1-6H3,(H,43,49)(H,44,47)(H,45,50)(H3,41,42,53)/t28?,29-,30-/m0/s1. The van der Waals surface area contributed by atoms with E-state index < -0.39 is 35.3 Å². The maximum absolute atomic E-state index is 13.6. The number of imide groups is 1. The van der Waals surface area contributed by atoms with Crippen molar-refractivity contribution < 1.29 is 38.3 Å². The van der Waals surface area contributed by atoms with Crippen LogP contribution in [0.2, 0.25) is 0 Å². The molecule has 1 aromatic carbocycles. The van der Waals surface area contributed by atoms with Gasteiger partial charge in [0.15, 0.2) is 0 Å². The molecule has 0 aromatic heterocycles. The number of rotatable bonds is 22. The highest BCUT2D eigenvalue weighted by molar-refractivity contribution is 6.04. The van der Waals surface area contributed by atoms with Crippen molar-refractivity contribution in [3.63, 3.8) is 0 Å². The number of ether oxygens (including phenoxy) is 1. The van der Waals surface area contributed by atoms with Crippen molar-refractivity contribution in [2.45, 2.75) is 131 Å². The van der Waals surface area contributed by atoms with Gasteiger partial charge in [-0.3, -0.25) is 33.7 Å². The second kappa shape index (κ2) is 22.0. The predicted octanol–water partition coefficient (Wildman–Crippen LogP) is 3.63. The summed E-state index contributed by atoms with van der Waals surface area (Å²) in [6.07, 6.45) is 5.03. The molecule has 1 saturated heterocycles. The van der Waals surface area contributed by atoms with E-state index in [2.05, 4.69) is 21.3 Å². The summed E-state index contributed by atoms with van der Waals surface area (Å²) in [5, 5.41) is 10.9. The molecule has 8 N–H and O–H groups in total. The molecule has 2 rings (SSSR count). The summed E-state index contributed by atoms with van der Waals surface area (Å²) in [6.45, 7) is 12.2. The number of benzene rings is 1. The first-order chi connectivity index (χ1) is 25.3. The first-order valence-corrected chi connectivity index (χ1v) is 19.1. The average molecular weight is 758 g/mol. The van der Waals surface area contributed by atoms with Crippen molar-refractivity contribution in [2.24, 2.45) is 28.2 Å². The van der Waals surface area contributed by atoms with Gasteiger partial charge in [0.05, 0.1) is 11.3 Å². The van der Waals surface area contributed by atoms with Gasteiger partial charge in [0.25, 0.3) is 0 Å². The highest BCUT2D eigenvalue weighted by atomic mass is 16.5. The molecule has 0 bridgehead atoms. The zero-order valence-electron chi connectivity index (χ0n) is 33.0. The number of unbranched alkanes of at least 4 members (excludes halogenated alkanes) is 4. The van der Waals surface area contributed by atoms with Crippen LogP contribution in [0, 0.1) is 16.7 Å². The second-order valence-electron chi connectivity index (χ2n) is 16.1. The molecule has 15 nitrogen and oxygen atoms in total. The van der Waals surface area contributed by atoms with Gasteiger partial charge >= 0.3 is 12.0 Å². The SMILES string of the molecule is CC(C)(C)C(=O)OCc1ccc(NC(=O)[C@H](CCCNC(N)=O)NC(=O)[C@H](CCCCCN)NC(=O)CCCCCN2C(=O)CC(C(C)(C)C)C2=O)cc1. The highest BCUT2D eigenvalue weighted by Crippen LogP contribution is 2.35. The molecule has 1 aliphatic rings. The third kappa shape index (κ3) is 16.2. The number of anilines is 1. The molecule has 54 heavy (non-hydrogen) atoms. The summed E-state index contributed by atoms with van der Waals surface area (Å²) in [6, 6.07) is 4.15. The van der Waals surface area contributed by atoms with Gasteiger partial charge in [-0.25, -0.2) is 4.79 Å². The fraction of sp³-hybridized carbons (Fsp3) is 0.667. The largest absolute Gasteiger partial charge is 0.460 e. The Morgan fingerprint density at radius 1 is 0.833 bits per heavy atom. The monoisotopic (exact) mass is 757 g/mol. The van der Waals surface area contributed by atoms with E-state index >= 15 is 0 Å². The minimum Gasteiger partial charge on any atom is -0.460 e. The lowest BCUT2D eigenvalue weighted by Crippen LogP contribution is -2.52. The van der Waals surface area contributed by atoms with E-state index in [1.807, 2.05) is 20.8 Å². The molecule has 302 valence electrons. The van der Waals surface area contributed by atoms with Crippen LogP contribution < -0.4 is 32.7 Å². The van der Waals surface area contributed by atoms with E-state index in [4.69, 9.17) is 16.2 Å². The molecule has 1 fully saturated rings. The molecular formula is C39H63N7O8. The zero-order valence-corrected chi connectivity index (χ0v) is 33.0. The number of urea groups is 1. The van der Waals surface area contributed by atoms with E-state index in [0.717, 1.165) is 18.4 Å². The first kappa shape index (κ1) is 45.6. The lowest BCUT2D eigenvalue weighted by Gasteiger charge is -2.24. The molecular weight excluding hydrogens is 694 g/mol. The molecule has 3 atom stereocenters. The van der Waals surface area contributed by atoms with Crippen molar-refractivity contribution in [3.8, 4) is 0 Å². The Labute approximate surface area is 319 Å². The summed E-state index contributed by atoms with van der Waals surface area (Å²) in [4.78, 5) is 90.0. The van der Waals surface area contributed by atoms with Crippen LogP contribution in [0.5, 0.6) is 0 Å². The fourth-order valence-electron chi connectivity index (χ4n) is 5.87. The summed E-state index contributed by atoms with van der Waals surface area (Å²) in [7, 11) is 0. The number of nitrogens with one attached hydrogen (secondary N) is 4. The molecule has 1 aromatic rings. The van der Waals surface area contributed by atoms with Gasteiger partial charge < -0.3 is 37.5 Å². The Balaban J connectivity index is 2.02. The summed E-state index contributed by atoms with van der Waals surface area (Å²) in [5.41, 5.74) is 11.1. The van der Waals surface area contributed by atoms with Crippen molar-refractivity contribution in [3.05, 3.63) is 29.8 Å². The maximum Gasteiger partial charge on any atom is 0.312 e. The Morgan fingerprint density at radius 3 is 2.06 bits per heavy atom. The third-order valence-corrected chi connectivity index (χ3v) is 9.23. The van der Waals surface area contributed by atoms with Crippen molar-refractivity contribution in [1.82, 2.24) is 20.9 Å². The fourth-order valence-corrected chi connectivity index (χ4v) is 5.87. The Hall–Kier alpha value is -4.53. The molecule has 0 saturated carbocycles. The number of likely N-dealkylation sites (tertiary alicyclic amines) is 1. The van der Waals surface area contributed by atoms with Crippen LogP contribution in [-0.2, 0) is 40.1 Å². The molecule has 0 spiro atoms. The van der Waals surface area contributed by atoms with Gasteiger partial charge in [-0.2, -0.15) is 0 Å². The van der Waals surface area contributed by atoms with Crippen LogP contribution in [0.15, 0.2) is 24.3 Å². The number of amides is 7. The minimum absolute atomic E-state index is 0.0763. The number of carbonyl (C=O) groups excluding carboxylic acids is 7. The Bertz CT molecular complexity index is 1440. The lowest BCUT2D eigenvalue weighted by molar-refractivity contribution is -0.154. The number of esters is 1. The topological polar surface area (TPSA) is 232 Å². The molecule has 1 aliphatic heterocycles. The van der Waals surface area contributed by atoms with Gasteiger partial charge in [0.1, 0.15) is 18.7 Å². The number of primary amides is 1. The van der Waals surface area contributed by atoms with E-state index in [0.29, 0.717) is 57.3 Å². The summed E-state index contributed by atoms with van der Waals surface area (Å²) >= 11 is 0. The molecule has 0 aliphatic carbocycles. The third-order valence-electron chi connectivity index (χ3n) is 9.23. The number of carbonyl (C=O) groups is 7. The van der Waals surface area contributed by atoms with Gasteiger partial charge in [0.2, 0.25) is 29.5 Å². The highest BCUT2D eigenvalue weighted by Gasteiger charge is 2.44. The van der Waals surface area contributed by atoms with Crippen LogP contribution in [0.1, 0.15) is 118 Å². The molecule has 0 radical (unpaired) electrons. The van der Waals surface area contributed by atoms with Crippen molar-refractivity contribution in [2.75, 3.05) is 25.0 Å². The zero-order chi connectivity index (χ0) is 40.5. The number of nitrogens with two attached hydrogens (primary N) is 2. The van der Waals surface area contributed by atoms with E-state index in [1.54, 1.807) is 45.0 Å². The van der Waals surface area contributed by atoms with Gasteiger partial charge in [-0.15, -0.1) is 0 Å². The lowest BCUT2D eigenvalue weighted by atomic mass is 9.80. The second-order valence-corrected chi connectivity index (χ2v) is 16.1. The van der Waals surface area contributed by atoms with E-state index in [9.17, 15) is 33.6 Å². The number of nitrogens with zero attached hydrogens (tertiary/aromatic N) is 1. The molecule has 15 heteroatoms. The average Bonchev–Trinajstić information content (AvgIpc) is 3.38. The van der Waals surface area contributed by atoms with E-state index in [1.165, 1.54) is 4.90 Å². The van der Waals surface area contributed by atoms with Crippen LogP contribution in [0.3, 0.4) is 0 Å². The number of hydrogen-bond donors (Lipinski definition) is 6. The van der Waals surface area contributed by atoms with Gasteiger partial charge in [0, 0.05) is 31.6 Å². The quantitative estimate of drug-likeness (QED) is 0.0575. The van der Waals surface area contributed by atoms with Crippen LogP contribution in [0.4, 0.5) is 10.5 Å². The van der Waals surface area contributed by atoms with Crippen LogP contribution in [0.25, 0.3) is 0 Å². The van der Waals surface area contributed by atoms with Crippen molar-refractivity contribution in [1.29, 1.82) is 0 Å². The Kier molecular flexibility index (Phi) is 18.6. The summed E-state index contributed by atoms with van der Waals surface area (Å²) < 4.78 is 5.36. The predicted molar refractivity (Wildman–Crippen MR) is 205 cm³/mol. The molecule has 1 heterocycles. The first-order valence-electron chi connectivity index (χ1n) is 19.1. The van der Waals surface area contributed by atoms with E-state index in [-0.39, 0.29) is 67.4 Å². The Morgan fingerprint density at radius 2 is 1.46 bits per heavy atom. The van der Waals surface area contributed by atoms with Crippen molar-refractivity contribution >= 4 is 47.2 Å². The molecule has 7 amide bonds. The van der Waals surface area contributed by atoms with Crippen LogP contribution in [-0.4, -0.2) is 78.2 Å². The van der Waals surface area contributed by atoms with Crippen LogP contribution >= 0.6 is 0 Å². The minimum atomic E-state index is -1.00. The number of hydrogen-bond acceptors (Lipinski definition) is 9. The summed E-state index contributed by atoms with van der Waals surface area (Å²) in [5.74, 6) is -2.30. The normalized spacial score (nSPS) is 15.7. The van der Waals surface area contributed by atoms with Gasteiger partial charge in [-0.05, 0) is 89.0 Å². The van der Waals surface area contributed by atoms with Gasteiger partial charge in [-0.1, -0.05) is 52.2 Å². The maximum atomic E-state index is 13.6. The smallest absolute Gasteiger partial charge is 0.312 e. The molecule has 1 unspecified atom stereocenters.